The molecule has 0 aliphatic carbocycles. The van der Waals surface area contributed by atoms with Crippen LogP contribution >= 0.6 is 0 Å². The minimum atomic E-state index is -3.37. The topological polar surface area (TPSA) is 211 Å². The van der Waals surface area contributed by atoms with Crippen molar-refractivity contribution in [1.82, 2.24) is 4.90 Å². The molecule has 0 bridgehead atoms. The first-order valence-corrected chi connectivity index (χ1v) is 14.8. The van der Waals surface area contributed by atoms with Crippen LogP contribution in [0.2, 0.25) is 0 Å². The largest absolute Gasteiger partial charge is 0.443 e. The molecular formula is C32H37F2N5O10. The van der Waals surface area contributed by atoms with Crippen molar-refractivity contribution in [3.8, 4) is 11.8 Å². The van der Waals surface area contributed by atoms with Crippen molar-refractivity contribution in [2.24, 2.45) is 5.73 Å². The number of nitrogens with one attached hydrogen (secondary N) is 1. The van der Waals surface area contributed by atoms with Crippen molar-refractivity contribution in [3.05, 3.63) is 53.1 Å². The molecule has 5 amide bonds. The Morgan fingerprint density at radius 2 is 1.71 bits per heavy atom. The molecule has 0 aromatic heterocycles. The monoisotopic (exact) mass is 689 g/mol. The van der Waals surface area contributed by atoms with Crippen molar-refractivity contribution in [2.45, 2.75) is 78.1 Å². The maximum atomic E-state index is 13.4. The first-order valence-electron chi connectivity index (χ1n) is 14.8. The van der Waals surface area contributed by atoms with E-state index < -0.39 is 77.8 Å². The summed E-state index contributed by atoms with van der Waals surface area (Å²) < 4.78 is 47.0. The molecule has 264 valence electrons. The van der Waals surface area contributed by atoms with Gasteiger partial charge in [-0.1, -0.05) is 6.07 Å². The number of nitrogens with zero attached hydrogens (tertiary/aromatic N) is 3. The van der Waals surface area contributed by atoms with Gasteiger partial charge in [0.05, 0.1) is 36.0 Å². The molecule has 1 heterocycles. The number of carbonyl (C=O) groups excluding carboxylic acids is 5. The number of rotatable bonds is 9. The van der Waals surface area contributed by atoms with E-state index in [-0.39, 0.29) is 35.7 Å². The summed E-state index contributed by atoms with van der Waals surface area (Å²) in [4.78, 5) is 66.0. The van der Waals surface area contributed by atoms with Crippen LogP contribution in [-0.4, -0.2) is 83.1 Å². The molecule has 2 aromatic rings. The van der Waals surface area contributed by atoms with E-state index in [9.17, 15) is 43.1 Å². The van der Waals surface area contributed by atoms with E-state index >= 15 is 0 Å². The fourth-order valence-corrected chi connectivity index (χ4v) is 4.49. The summed E-state index contributed by atoms with van der Waals surface area (Å²) >= 11 is 0. The number of aliphatic hydroxyl groups is 1. The van der Waals surface area contributed by atoms with Crippen LogP contribution < -0.4 is 20.7 Å². The van der Waals surface area contributed by atoms with Gasteiger partial charge in [0, 0.05) is 12.2 Å². The smallest absolute Gasteiger partial charge is 0.420 e. The summed E-state index contributed by atoms with van der Waals surface area (Å²) in [6.45, 7) is 5.21. The summed E-state index contributed by atoms with van der Waals surface area (Å²) in [7, 11) is 0. The molecule has 0 saturated carbocycles. The zero-order valence-electron chi connectivity index (χ0n) is 27.6. The number of alkyl halides is 2. The third kappa shape index (κ3) is 10.1. The zero-order valence-corrected chi connectivity index (χ0v) is 27.6. The first-order chi connectivity index (χ1) is 22.7. The third-order valence-electron chi connectivity index (χ3n) is 6.48. The van der Waals surface area contributed by atoms with Crippen molar-refractivity contribution in [1.29, 1.82) is 5.26 Å². The van der Waals surface area contributed by atoms with Gasteiger partial charge >= 0.3 is 18.8 Å². The summed E-state index contributed by atoms with van der Waals surface area (Å²) in [6.07, 6.45) is -6.08. The summed E-state index contributed by atoms with van der Waals surface area (Å²) in [5, 5.41) is 23.0. The molecule has 2 unspecified atom stereocenters. The van der Waals surface area contributed by atoms with E-state index in [1.54, 1.807) is 41.5 Å². The highest BCUT2D eigenvalue weighted by atomic mass is 19.3. The molecule has 2 atom stereocenters. The molecule has 0 spiro atoms. The van der Waals surface area contributed by atoms with Crippen LogP contribution in [0.25, 0.3) is 0 Å². The summed E-state index contributed by atoms with van der Waals surface area (Å²) in [6, 6.07) is 9.42. The normalized spacial score (nSPS) is 15.6. The summed E-state index contributed by atoms with van der Waals surface area (Å²) in [5.41, 5.74) is 2.73. The maximum absolute atomic E-state index is 13.4. The zero-order chi connectivity index (χ0) is 36.8. The highest BCUT2D eigenvalue weighted by Crippen LogP contribution is 2.35. The number of aliphatic hydroxyl groups excluding tert-OH is 1. The number of hydrogen-bond acceptors (Lipinski definition) is 11. The molecule has 0 radical (unpaired) electrons. The number of primary amides is 1. The Labute approximate surface area is 280 Å². The van der Waals surface area contributed by atoms with Gasteiger partial charge in [0.2, 0.25) is 0 Å². The lowest BCUT2D eigenvalue weighted by Crippen LogP contribution is -2.55. The number of benzene rings is 2. The molecule has 17 heteroatoms. The number of anilines is 2. The summed E-state index contributed by atoms with van der Waals surface area (Å²) in [5.74, 6) is -3.92. The van der Waals surface area contributed by atoms with Gasteiger partial charge in [-0.3, -0.25) is 14.4 Å². The van der Waals surface area contributed by atoms with Gasteiger partial charge in [-0.2, -0.15) is 14.0 Å². The number of carbonyl (C=O) groups is 5. The van der Waals surface area contributed by atoms with Crippen LogP contribution in [0.3, 0.4) is 0 Å². The minimum Gasteiger partial charge on any atom is -0.443 e. The lowest BCUT2D eigenvalue weighted by Gasteiger charge is -2.35. The molecule has 3 rings (SSSR count). The number of para-hydroxylation sites is 1. The molecule has 1 saturated heterocycles. The van der Waals surface area contributed by atoms with Crippen LogP contribution in [0, 0.1) is 11.3 Å². The van der Waals surface area contributed by atoms with Gasteiger partial charge in [0.1, 0.15) is 11.2 Å². The van der Waals surface area contributed by atoms with E-state index in [4.69, 9.17) is 19.9 Å². The predicted molar refractivity (Wildman–Crippen MR) is 167 cm³/mol. The minimum absolute atomic E-state index is 0.00623. The number of morpholine rings is 1. The van der Waals surface area contributed by atoms with Gasteiger partial charge in [0.15, 0.2) is 18.0 Å². The van der Waals surface area contributed by atoms with Crippen LogP contribution in [0.15, 0.2) is 36.4 Å². The second kappa shape index (κ2) is 15.3. The van der Waals surface area contributed by atoms with Crippen molar-refractivity contribution in [3.63, 3.8) is 0 Å². The van der Waals surface area contributed by atoms with E-state index in [1.165, 1.54) is 30.3 Å². The Kier molecular flexibility index (Phi) is 11.9. The number of hydrogen-bond donors (Lipinski definition) is 3. The number of imide groups is 1. The van der Waals surface area contributed by atoms with E-state index in [2.05, 4.69) is 10.1 Å². The number of ether oxygens (including phenoxy) is 4. The Balaban J connectivity index is 1.87. The van der Waals surface area contributed by atoms with Crippen LogP contribution in [0.5, 0.6) is 5.75 Å². The average molecular weight is 690 g/mol. The third-order valence-corrected chi connectivity index (χ3v) is 6.48. The van der Waals surface area contributed by atoms with Gasteiger partial charge in [0.25, 0.3) is 17.7 Å². The van der Waals surface area contributed by atoms with E-state index in [0.29, 0.717) is 4.90 Å². The average Bonchev–Trinajstić information content (AvgIpc) is 2.97. The van der Waals surface area contributed by atoms with Crippen molar-refractivity contribution in [2.75, 3.05) is 23.4 Å². The van der Waals surface area contributed by atoms with Crippen LogP contribution in [0.1, 0.15) is 63.0 Å². The maximum Gasteiger partial charge on any atom is 0.420 e. The molecule has 2 aromatic carbocycles. The van der Waals surface area contributed by atoms with Gasteiger partial charge < -0.3 is 40.0 Å². The van der Waals surface area contributed by atoms with Crippen LogP contribution in [-0.2, 0) is 30.3 Å². The first kappa shape index (κ1) is 38.1. The Morgan fingerprint density at radius 3 is 2.24 bits per heavy atom. The molecular weight excluding hydrogens is 652 g/mol. The highest BCUT2D eigenvalue weighted by molar-refractivity contribution is 6.06. The molecule has 4 N–H and O–H groups in total. The standard InChI is InChI=1S/C32H37F2N5O10/c1-31(2,3)48-29(44)39(30(45)49-32(4,5)6)16-18-14-19(11-10-17(18)15-35)37-26(42)22(40)24-27(43)38(12-13-46-24)21-9-7-8-20(25(36)41)23(21)47-28(33)34/h7-11,14,22,24,28,40H,12-13,16H2,1-6H3,(H2,36,41)(H,37,42). The Morgan fingerprint density at radius 1 is 1.10 bits per heavy atom. The van der Waals surface area contributed by atoms with Crippen LogP contribution in [0.4, 0.5) is 29.7 Å². The van der Waals surface area contributed by atoms with Gasteiger partial charge in [-0.15, -0.1) is 0 Å². The quantitative estimate of drug-likeness (QED) is 0.346. The Hall–Kier alpha value is -5.34. The second-order valence-corrected chi connectivity index (χ2v) is 12.6. The Bertz CT molecular complexity index is 1620. The molecule has 1 aliphatic rings. The SMILES string of the molecule is CC(C)(C)OC(=O)N(Cc1cc(NC(=O)C(O)C2OCCN(c3cccc(C(N)=O)c3OC(F)F)C2=O)ccc1C#N)C(=O)OC(C)(C)C. The lowest BCUT2D eigenvalue weighted by atomic mass is 10.1. The number of nitriles is 1. The van der Waals surface area contributed by atoms with Crippen molar-refractivity contribution < 1.29 is 56.8 Å². The molecule has 15 nitrogen and oxygen atoms in total. The fourth-order valence-electron chi connectivity index (χ4n) is 4.49. The highest BCUT2D eigenvalue weighted by Gasteiger charge is 2.41. The second-order valence-electron chi connectivity index (χ2n) is 12.6. The lowest BCUT2D eigenvalue weighted by molar-refractivity contribution is -0.150. The molecule has 1 aliphatic heterocycles. The predicted octanol–water partition coefficient (Wildman–Crippen LogP) is 3.66. The van der Waals surface area contributed by atoms with Gasteiger partial charge in [-0.25, -0.2) is 14.5 Å². The number of amides is 5. The molecule has 1 fully saturated rings. The fraction of sp³-hybridized carbons (Fsp3) is 0.438. The molecule has 49 heavy (non-hydrogen) atoms. The van der Waals surface area contributed by atoms with Crippen molar-refractivity contribution >= 4 is 41.3 Å². The van der Waals surface area contributed by atoms with Gasteiger partial charge in [-0.05, 0) is 77.4 Å². The number of halogens is 2. The van der Waals surface area contributed by atoms with E-state index in [0.717, 1.165) is 11.0 Å². The van der Waals surface area contributed by atoms with E-state index in [1.807, 2.05) is 6.07 Å². The number of nitrogens with two attached hydrogens (primary N) is 1.